The SMILES string of the molecule is CC(=O)OC(C)(C)C.O=C(O)C(F)(F)F. The highest BCUT2D eigenvalue weighted by Gasteiger charge is 2.38. The van der Waals surface area contributed by atoms with Crippen molar-refractivity contribution < 1.29 is 32.6 Å². The first kappa shape index (κ1) is 16.2. The zero-order chi connectivity index (χ0) is 12.9. The largest absolute Gasteiger partial charge is 0.490 e. The fraction of sp³-hybridized carbons (Fsp3) is 0.750. The molecule has 1 N–H and O–H groups in total. The van der Waals surface area contributed by atoms with E-state index in [0.717, 1.165) is 0 Å². The predicted molar refractivity (Wildman–Crippen MR) is 45.2 cm³/mol. The quantitative estimate of drug-likeness (QED) is 0.646. The van der Waals surface area contributed by atoms with Crippen molar-refractivity contribution in [2.45, 2.75) is 39.5 Å². The molecule has 0 aromatic heterocycles. The van der Waals surface area contributed by atoms with E-state index in [9.17, 15) is 18.0 Å². The van der Waals surface area contributed by atoms with Gasteiger partial charge in [-0.15, -0.1) is 0 Å². The Balaban J connectivity index is 0. The van der Waals surface area contributed by atoms with E-state index in [1.54, 1.807) is 0 Å². The van der Waals surface area contributed by atoms with Crippen LogP contribution in [-0.4, -0.2) is 28.8 Å². The second-order valence-electron chi connectivity index (χ2n) is 3.51. The van der Waals surface area contributed by atoms with Crippen LogP contribution in [0.1, 0.15) is 27.7 Å². The molecule has 0 radical (unpaired) electrons. The van der Waals surface area contributed by atoms with E-state index in [2.05, 4.69) is 0 Å². The Bertz CT molecular complexity index is 227. The highest BCUT2D eigenvalue weighted by atomic mass is 19.4. The zero-order valence-electron chi connectivity index (χ0n) is 8.81. The summed E-state index contributed by atoms with van der Waals surface area (Å²) in [6.45, 7) is 6.93. The molecule has 0 aromatic rings. The van der Waals surface area contributed by atoms with Gasteiger partial charge in [-0.1, -0.05) is 0 Å². The van der Waals surface area contributed by atoms with Gasteiger partial charge in [-0.05, 0) is 20.8 Å². The summed E-state index contributed by atoms with van der Waals surface area (Å²) in [5.74, 6) is -2.98. The molecule has 0 bridgehead atoms. The molecule has 0 saturated heterocycles. The van der Waals surface area contributed by atoms with Crippen molar-refractivity contribution in [3.8, 4) is 0 Å². The average molecular weight is 230 g/mol. The number of hydrogen-bond donors (Lipinski definition) is 1. The maximum Gasteiger partial charge on any atom is 0.490 e. The van der Waals surface area contributed by atoms with Crippen molar-refractivity contribution >= 4 is 11.9 Å². The summed E-state index contributed by atoms with van der Waals surface area (Å²) in [7, 11) is 0. The lowest BCUT2D eigenvalue weighted by atomic mass is 10.2. The van der Waals surface area contributed by atoms with E-state index < -0.39 is 12.1 Å². The average Bonchev–Trinajstić information content (AvgIpc) is 1.78. The Hall–Kier alpha value is -1.27. The van der Waals surface area contributed by atoms with Gasteiger partial charge in [0.25, 0.3) is 0 Å². The Morgan fingerprint density at radius 1 is 1.13 bits per heavy atom. The molecule has 0 aliphatic carbocycles. The van der Waals surface area contributed by atoms with E-state index >= 15 is 0 Å². The van der Waals surface area contributed by atoms with Crippen molar-refractivity contribution in [2.75, 3.05) is 0 Å². The lowest BCUT2D eigenvalue weighted by Crippen LogP contribution is -2.21. The number of carboxylic acid groups (broad SMARTS) is 1. The van der Waals surface area contributed by atoms with Crippen LogP contribution in [0.4, 0.5) is 13.2 Å². The van der Waals surface area contributed by atoms with Crippen LogP contribution in [0.2, 0.25) is 0 Å². The smallest absolute Gasteiger partial charge is 0.475 e. The minimum atomic E-state index is -5.08. The lowest BCUT2D eigenvalue weighted by molar-refractivity contribution is -0.192. The molecule has 0 aromatic carbocycles. The Labute approximate surface area is 85.0 Å². The molecule has 90 valence electrons. The second kappa shape index (κ2) is 5.57. The normalized spacial score (nSPS) is 11.1. The monoisotopic (exact) mass is 230 g/mol. The number of carboxylic acids is 1. The molecule has 0 rings (SSSR count). The van der Waals surface area contributed by atoms with Crippen LogP contribution < -0.4 is 0 Å². The molecule has 0 aliphatic rings. The number of rotatable bonds is 0. The van der Waals surface area contributed by atoms with Gasteiger partial charge >= 0.3 is 18.1 Å². The van der Waals surface area contributed by atoms with Gasteiger partial charge in [0.15, 0.2) is 0 Å². The molecule has 0 spiro atoms. The molecular weight excluding hydrogens is 217 g/mol. The molecule has 15 heavy (non-hydrogen) atoms. The van der Waals surface area contributed by atoms with Crippen LogP contribution >= 0.6 is 0 Å². The van der Waals surface area contributed by atoms with Crippen molar-refractivity contribution in [2.24, 2.45) is 0 Å². The highest BCUT2D eigenvalue weighted by Crippen LogP contribution is 2.13. The van der Waals surface area contributed by atoms with Gasteiger partial charge in [0.2, 0.25) is 0 Å². The maximum absolute atomic E-state index is 10.6. The maximum atomic E-state index is 10.6. The van der Waals surface area contributed by atoms with Crippen molar-refractivity contribution in [3.05, 3.63) is 0 Å². The minimum absolute atomic E-state index is 0.225. The zero-order valence-corrected chi connectivity index (χ0v) is 8.81. The number of aliphatic carboxylic acids is 1. The van der Waals surface area contributed by atoms with Crippen LogP contribution in [0.15, 0.2) is 0 Å². The third-order valence-corrected chi connectivity index (χ3v) is 0.692. The standard InChI is InChI=1S/C6H12O2.C2HF3O2/c1-5(7)8-6(2,3)4;3-2(4,5)1(6)7/h1-4H3;(H,6,7). The molecular formula is C8H13F3O4. The number of ether oxygens (including phenoxy) is 1. The molecule has 7 heteroatoms. The van der Waals surface area contributed by atoms with Crippen LogP contribution in [0.5, 0.6) is 0 Å². The minimum Gasteiger partial charge on any atom is -0.475 e. The third kappa shape index (κ3) is 15.5. The topological polar surface area (TPSA) is 63.6 Å². The fourth-order valence-electron chi connectivity index (χ4n) is 0.431. The molecule has 0 heterocycles. The van der Waals surface area contributed by atoms with Gasteiger partial charge in [-0.2, -0.15) is 13.2 Å². The van der Waals surface area contributed by atoms with E-state index in [1.807, 2.05) is 20.8 Å². The van der Waals surface area contributed by atoms with Gasteiger partial charge in [0.05, 0.1) is 0 Å². The van der Waals surface area contributed by atoms with E-state index in [0.29, 0.717) is 0 Å². The number of esters is 1. The molecule has 0 saturated carbocycles. The summed E-state index contributed by atoms with van der Waals surface area (Å²) >= 11 is 0. The number of halogens is 3. The summed E-state index contributed by atoms with van der Waals surface area (Å²) in [5, 5.41) is 7.12. The molecule has 0 aliphatic heterocycles. The van der Waals surface area contributed by atoms with E-state index in [1.165, 1.54) is 6.92 Å². The first-order chi connectivity index (χ1) is 6.36. The summed E-state index contributed by atoms with van der Waals surface area (Å²) < 4.78 is 36.5. The number of hydrogen-bond acceptors (Lipinski definition) is 3. The van der Waals surface area contributed by atoms with Crippen molar-refractivity contribution in [1.29, 1.82) is 0 Å². The van der Waals surface area contributed by atoms with Gasteiger partial charge in [-0.3, -0.25) is 4.79 Å². The summed E-state index contributed by atoms with van der Waals surface area (Å²) in [4.78, 5) is 19.1. The van der Waals surface area contributed by atoms with E-state index in [-0.39, 0.29) is 11.6 Å². The summed E-state index contributed by atoms with van der Waals surface area (Å²) in [6, 6.07) is 0. The molecule has 4 nitrogen and oxygen atoms in total. The molecule has 0 unspecified atom stereocenters. The first-order valence-electron chi connectivity index (χ1n) is 3.86. The van der Waals surface area contributed by atoms with Gasteiger partial charge in [-0.25, -0.2) is 4.79 Å². The van der Waals surface area contributed by atoms with E-state index in [4.69, 9.17) is 14.6 Å². The molecule has 0 atom stereocenters. The first-order valence-corrected chi connectivity index (χ1v) is 3.86. The fourth-order valence-corrected chi connectivity index (χ4v) is 0.431. The third-order valence-electron chi connectivity index (χ3n) is 0.692. The van der Waals surface area contributed by atoms with Gasteiger partial charge < -0.3 is 9.84 Å². The van der Waals surface area contributed by atoms with Crippen LogP contribution in [0, 0.1) is 0 Å². The Morgan fingerprint density at radius 2 is 1.40 bits per heavy atom. The number of carbonyl (C=O) groups excluding carboxylic acids is 1. The molecule has 0 fully saturated rings. The predicted octanol–water partition coefficient (Wildman–Crippen LogP) is 1.98. The highest BCUT2D eigenvalue weighted by molar-refractivity contribution is 5.73. The summed E-state index contributed by atoms with van der Waals surface area (Å²) in [6.07, 6.45) is -5.08. The Kier molecular flexibility index (Phi) is 6.01. The van der Waals surface area contributed by atoms with Crippen LogP contribution in [0.3, 0.4) is 0 Å². The van der Waals surface area contributed by atoms with Crippen LogP contribution in [-0.2, 0) is 14.3 Å². The van der Waals surface area contributed by atoms with Gasteiger partial charge in [0, 0.05) is 6.92 Å². The van der Waals surface area contributed by atoms with Crippen LogP contribution in [0.25, 0.3) is 0 Å². The molecule has 0 amide bonds. The Morgan fingerprint density at radius 3 is 1.40 bits per heavy atom. The second-order valence-corrected chi connectivity index (χ2v) is 3.51. The van der Waals surface area contributed by atoms with Crippen molar-refractivity contribution in [1.82, 2.24) is 0 Å². The van der Waals surface area contributed by atoms with Gasteiger partial charge in [0.1, 0.15) is 5.60 Å². The lowest BCUT2D eigenvalue weighted by Gasteiger charge is -2.17. The summed E-state index contributed by atoms with van der Waals surface area (Å²) in [5.41, 5.74) is -0.328. The van der Waals surface area contributed by atoms with Crippen molar-refractivity contribution in [3.63, 3.8) is 0 Å². The number of alkyl halides is 3. The number of carbonyl (C=O) groups is 2.